The molecular weight excluding hydrogens is 378 g/mol. The van der Waals surface area contributed by atoms with Gasteiger partial charge in [0.05, 0.1) is 11.5 Å². The van der Waals surface area contributed by atoms with Crippen LogP contribution in [0.25, 0.3) is 0 Å². The molecule has 0 amide bonds. The fraction of sp³-hybridized carbons (Fsp3) is 0.842. The number of rotatable bonds is 8. The van der Waals surface area contributed by atoms with Gasteiger partial charge in [-0.15, -0.1) is 0 Å². The zero-order valence-electron chi connectivity index (χ0n) is 18.3. The molecule has 1 aromatic heterocycles. The van der Waals surface area contributed by atoms with Crippen LogP contribution in [0, 0.1) is 23.0 Å². The summed E-state index contributed by atoms with van der Waals surface area (Å²) in [6.07, 6.45) is 2.47. The molecule has 1 aliphatic heterocycles. The molecule has 0 bridgehead atoms. The van der Waals surface area contributed by atoms with Crippen molar-refractivity contribution in [3.05, 3.63) is 15.8 Å². The lowest BCUT2D eigenvalue weighted by molar-refractivity contribution is -0.386. The van der Waals surface area contributed by atoms with E-state index in [0.717, 1.165) is 19.3 Å². The predicted octanol–water partition coefficient (Wildman–Crippen LogP) is 4.84. The van der Waals surface area contributed by atoms with Crippen LogP contribution in [-0.4, -0.2) is 42.8 Å². The minimum atomic E-state index is -1.84. The van der Waals surface area contributed by atoms with Gasteiger partial charge in [-0.05, 0) is 44.3 Å². The third-order valence-electron chi connectivity index (χ3n) is 5.66. The standard InChI is InChI=1S/C19H35N3O5Si/c1-14(13-27-28(6,7)19(3,4)5)12-26-18-17(22(23)24)15(2)20-21(18)16-10-8-9-11-25-16/h14,16H,8-13H2,1-7H3/t14-,16?/m1/s1. The van der Waals surface area contributed by atoms with Crippen molar-refractivity contribution in [2.75, 3.05) is 19.8 Å². The molecule has 0 aromatic carbocycles. The molecule has 0 aliphatic carbocycles. The predicted molar refractivity (Wildman–Crippen MR) is 110 cm³/mol. The average Bonchev–Trinajstić information content (AvgIpc) is 2.94. The van der Waals surface area contributed by atoms with Gasteiger partial charge in [-0.1, -0.05) is 27.7 Å². The molecule has 2 atom stereocenters. The molecule has 0 saturated carbocycles. The van der Waals surface area contributed by atoms with E-state index in [1.165, 1.54) is 0 Å². The minimum absolute atomic E-state index is 0.0771. The van der Waals surface area contributed by atoms with E-state index < -0.39 is 13.2 Å². The van der Waals surface area contributed by atoms with Crippen molar-refractivity contribution < 1.29 is 18.8 Å². The highest BCUT2D eigenvalue weighted by Crippen LogP contribution is 2.38. The lowest BCUT2D eigenvalue weighted by Gasteiger charge is -2.37. The van der Waals surface area contributed by atoms with E-state index >= 15 is 0 Å². The molecule has 160 valence electrons. The van der Waals surface area contributed by atoms with Gasteiger partial charge in [0.15, 0.2) is 14.5 Å². The van der Waals surface area contributed by atoms with E-state index in [0.29, 0.717) is 25.5 Å². The molecule has 1 unspecified atom stereocenters. The summed E-state index contributed by atoms with van der Waals surface area (Å²) in [5.74, 6) is 0.290. The van der Waals surface area contributed by atoms with Gasteiger partial charge < -0.3 is 13.9 Å². The van der Waals surface area contributed by atoms with E-state index in [-0.39, 0.29) is 28.8 Å². The van der Waals surface area contributed by atoms with Crippen LogP contribution in [0.1, 0.15) is 58.9 Å². The largest absolute Gasteiger partial charge is 0.473 e. The van der Waals surface area contributed by atoms with Gasteiger partial charge >= 0.3 is 5.69 Å². The number of ether oxygens (including phenoxy) is 2. The van der Waals surface area contributed by atoms with Gasteiger partial charge in [0.2, 0.25) is 0 Å². The summed E-state index contributed by atoms with van der Waals surface area (Å²) in [4.78, 5) is 11.1. The zero-order valence-corrected chi connectivity index (χ0v) is 19.3. The van der Waals surface area contributed by atoms with Crippen LogP contribution < -0.4 is 4.74 Å². The minimum Gasteiger partial charge on any atom is -0.473 e. The molecule has 1 aliphatic rings. The fourth-order valence-corrected chi connectivity index (χ4v) is 3.94. The number of hydrogen-bond acceptors (Lipinski definition) is 6. The van der Waals surface area contributed by atoms with Crippen molar-refractivity contribution in [1.82, 2.24) is 9.78 Å². The maximum absolute atomic E-state index is 11.6. The van der Waals surface area contributed by atoms with Crippen molar-refractivity contribution in [3.8, 4) is 5.88 Å². The van der Waals surface area contributed by atoms with Crippen LogP contribution in [0.3, 0.4) is 0 Å². The first kappa shape index (κ1) is 22.8. The lowest BCUT2D eigenvalue weighted by atomic mass is 10.2. The number of nitrogens with zero attached hydrogens (tertiary/aromatic N) is 3. The van der Waals surface area contributed by atoms with Crippen LogP contribution >= 0.6 is 0 Å². The third-order valence-corrected chi connectivity index (χ3v) is 10.2. The lowest BCUT2D eigenvalue weighted by Crippen LogP contribution is -2.42. The molecule has 2 heterocycles. The molecule has 1 aromatic rings. The highest BCUT2D eigenvalue weighted by Gasteiger charge is 2.37. The van der Waals surface area contributed by atoms with Gasteiger partial charge in [0.25, 0.3) is 5.88 Å². The van der Waals surface area contributed by atoms with Crippen molar-refractivity contribution in [1.29, 1.82) is 0 Å². The Morgan fingerprint density at radius 2 is 2.04 bits per heavy atom. The van der Waals surface area contributed by atoms with E-state index in [1.54, 1.807) is 11.6 Å². The van der Waals surface area contributed by atoms with Crippen molar-refractivity contribution in [2.24, 2.45) is 5.92 Å². The molecule has 0 spiro atoms. The first-order valence-corrected chi connectivity index (χ1v) is 13.0. The van der Waals surface area contributed by atoms with E-state index in [9.17, 15) is 10.1 Å². The van der Waals surface area contributed by atoms with E-state index in [1.807, 2.05) is 6.92 Å². The smallest absolute Gasteiger partial charge is 0.353 e. The second kappa shape index (κ2) is 8.92. The summed E-state index contributed by atoms with van der Waals surface area (Å²) in [7, 11) is -1.84. The Bertz CT molecular complexity index is 678. The highest BCUT2D eigenvalue weighted by atomic mass is 28.4. The summed E-state index contributed by atoms with van der Waals surface area (Å²) in [6.45, 7) is 16.2. The number of aryl methyl sites for hydroxylation is 1. The van der Waals surface area contributed by atoms with Crippen LogP contribution in [-0.2, 0) is 9.16 Å². The Kier molecular flexibility index (Phi) is 7.27. The SMILES string of the molecule is Cc1nn(C2CCCCO2)c(OC[C@@H](C)CO[Si](C)(C)C(C)(C)C)c1[N+](=O)[O-]. The van der Waals surface area contributed by atoms with Gasteiger partial charge in [0.1, 0.15) is 5.69 Å². The topological polar surface area (TPSA) is 88.7 Å². The summed E-state index contributed by atoms with van der Waals surface area (Å²) in [6, 6.07) is 0. The molecule has 0 radical (unpaired) electrons. The maximum atomic E-state index is 11.6. The van der Waals surface area contributed by atoms with Gasteiger partial charge in [-0.3, -0.25) is 10.1 Å². The van der Waals surface area contributed by atoms with Crippen molar-refractivity contribution in [2.45, 2.75) is 78.2 Å². The molecule has 1 saturated heterocycles. The van der Waals surface area contributed by atoms with Gasteiger partial charge in [-0.25, -0.2) is 0 Å². The summed E-state index contributed by atoms with van der Waals surface area (Å²) in [5, 5.41) is 16.1. The summed E-state index contributed by atoms with van der Waals surface area (Å²) in [5.41, 5.74) is 0.269. The van der Waals surface area contributed by atoms with Crippen LogP contribution in [0.4, 0.5) is 5.69 Å². The van der Waals surface area contributed by atoms with Crippen LogP contribution in [0.2, 0.25) is 18.1 Å². The first-order valence-electron chi connectivity index (χ1n) is 10.1. The number of aromatic nitrogens is 2. The quantitative estimate of drug-likeness (QED) is 0.344. The van der Waals surface area contributed by atoms with Crippen LogP contribution in [0.15, 0.2) is 0 Å². The zero-order chi connectivity index (χ0) is 21.1. The van der Waals surface area contributed by atoms with Crippen LogP contribution in [0.5, 0.6) is 5.88 Å². The van der Waals surface area contributed by atoms with Gasteiger partial charge in [-0.2, -0.15) is 9.78 Å². The molecule has 9 heteroatoms. The van der Waals surface area contributed by atoms with Gasteiger partial charge in [0, 0.05) is 19.1 Å². The summed E-state index contributed by atoms with van der Waals surface area (Å²) < 4.78 is 19.5. The molecule has 0 N–H and O–H groups in total. The number of hydrogen-bond donors (Lipinski definition) is 0. The molecule has 8 nitrogen and oxygen atoms in total. The third kappa shape index (κ3) is 5.33. The monoisotopic (exact) mass is 413 g/mol. The first-order chi connectivity index (χ1) is 12.9. The Labute approximate surface area is 168 Å². The van der Waals surface area contributed by atoms with Crippen molar-refractivity contribution in [3.63, 3.8) is 0 Å². The Morgan fingerprint density at radius 1 is 1.36 bits per heavy atom. The molecular formula is C19H35N3O5Si. The average molecular weight is 414 g/mol. The second-order valence-corrected chi connectivity index (χ2v) is 14.1. The van der Waals surface area contributed by atoms with E-state index in [2.05, 4.69) is 39.0 Å². The van der Waals surface area contributed by atoms with Crippen molar-refractivity contribution >= 4 is 14.0 Å². The van der Waals surface area contributed by atoms with E-state index in [4.69, 9.17) is 13.9 Å². The second-order valence-electron chi connectivity index (χ2n) is 9.25. The maximum Gasteiger partial charge on any atom is 0.353 e. The molecule has 1 fully saturated rings. The fourth-order valence-electron chi connectivity index (χ4n) is 2.81. The Hall–Kier alpha value is -1.45. The molecule has 28 heavy (non-hydrogen) atoms. The highest BCUT2D eigenvalue weighted by molar-refractivity contribution is 6.74. The Morgan fingerprint density at radius 3 is 2.57 bits per heavy atom. The summed E-state index contributed by atoms with van der Waals surface area (Å²) >= 11 is 0. The number of nitro groups is 1. The normalized spacial score (nSPS) is 19.5. The Balaban J connectivity index is 2.08. The molecule has 2 rings (SSSR count).